The predicted octanol–water partition coefficient (Wildman–Crippen LogP) is 17.0. The van der Waals surface area contributed by atoms with E-state index in [1.165, 1.54) is 135 Å². The summed E-state index contributed by atoms with van der Waals surface area (Å²) in [5.41, 5.74) is 0. The van der Waals surface area contributed by atoms with Crippen LogP contribution in [0.1, 0.15) is 265 Å². The molecule has 6 heteroatoms. The molecule has 0 spiro atoms. The second-order valence-corrected chi connectivity index (χ2v) is 18.7. The number of rotatable bonds is 49. The van der Waals surface area contributed by atoms with Crippen molar-refractivity contribution in [2.45, 2.75) is 283 Å². The Morgan fingerprint density at radius 1 is 0.477 bits per heavy atom. The molecule has 3 unspecified atom stereocenters. The van der Waals surface area contributed by atoms with Crippen molar-refractivity contribution in [3.05, 3.63) is 72.9 Å². The molecule has 0 fully saturated rings. The molecule has 0 saturated heterocycles. The first kappa shape index (κ1) is 62.3. The van der Waals surface area contributed by atoms with Crippen molar-refractivity contribution >= 4 is 11.9 Å². The number of ether oxygens (including phenoxy) is 1. The Labute approximate surface area is 402 Å². The average Bonchev–Trinajstić information content (AvgIpc) is 3.30. The van der Waals surface area contributed by atoms with E-state index in [4.69, 9.17) is 4.74 Å². The summed E-state index contributed by atoms with van der Waals surface area (Å²) in [5.74, 6) is -0.525. The van der Waals surface area contributed by atoms with Crippen LogP contribution in [0.15, 0.2) is 72.9 Å². The molecule has 0 rings (SSSR count). The lowest BCUT2D eigenvalue weighted by atomic mass is 10.0. The number of aliphatic hydroxyl groups excluding tert-OH is 2. The Morgan fingerprint density at radius 3 is 1.42 bits per heavy atom. The molecule has 0 heterocycles. The molecule has 1 amide bonds. The molecule has 3 atom stereocenters. The van der Waals surface area contributed by atoms with E-state index in [2.05, 4.69) is 74.7 Å². The normalized spacial score (nSPS) is 13.7. The van der Waals surface area contributed by atoms with Gasteiger partial charge in [-0.05, 0) is 77.0 Å². The highest BCUT2D eigenvalue weighted by Crippen LogP contribution is 2.18. The molecular formula is C59H105NO5. The van der Waals surface area contributed by atoms with Crippen molar-refractivity contribution in [3.8, 4) is 0 Å². The molecule has 0 aromatic heterocycles. The van der Waals surface area contributed by atoms with Gasteiger partial charge in [-0.25, -0.2) is 0 Å². The first-order chi connectivity index (χ1) is 32.0. The van der Waals surface area contributed by atoms with Gasteiger partial charge in [0.05, 0.1) is 25.2 Å². The molecule has 3 N–H and O–H groups in total. The molecular weight excluding hydrogens is 803 g/mol. The fourth-order valence-corrected chi connectivity index (χ4v) is 8.18. The Balaban J connectivity index is 4.61. The number of hydrogen-bond donors (Lipinski definition) is 3. The van der Waals surface area contributed by atoms with Gasteiger partial charge in [-0.2, -0.15) is 0 Å². The van der Waals surface area contributed by atoms with Gasteiger partial charge in [0.2, 0.25) is 5.91 Å². The fourth-order valence-electron chi connectivity index (χ4n) is 8.18. The van der Waals surface area contributed by atoms with Crippen LogP contribution in [0.5, 0.6) is 0 Å². The maximum Gasteiger partial charge on any atom is 0.306 e. The van der Waals surface area contributed by atoms with E-state index in [9.17, 15) is 19.8 Å². The highest BCUT2D eigenvalue weighted by atomic mass is 16.5. The fraction of sp³-hybridized carbons (Fsp3) is 0.763. The third-order valence-electron chi connectivity index (χ3n) is 12.4. The summed E-state index contributed by atoms with van der Waals surface area (Å²) in [7, 11) is 0. The van der Waals surface area contributed by atoms with E-state index in [0.717, 1.165) is 83.5 Å². The molecule has 0 aliphatic heterocycles. The van der Waals surface area contributed by atoms with Crippen LogP contribution in [0.4, 0.5) is 0 Å². The number of esters is 1. The van der Waals surface area contributed by atoms with Gasteiger partial charge in [0.1, 0.15) is 6.10 Å². The summed E-state index contributed by atoms with van der Waals surface area (Å²) in [4.78, 5) is 26.2. The minimum Gasteiger partial charge on any atom is -0.462 e. The number of hydrogen-bond acceptors (Lipinski definition) is 5. The number of carbonyl (C=O) groups is 2. The topological polar surface area (TPSA) is 95.9 Å². The lowest BCUT2D eigenvalue weighted by Gasteiger charge is -2.24. The maximum absolute atomic E-state index is 13.2. The van der Waals surface area contributed by atoms with E-state index >= 15 is 0 Å². The van der Waals surface area contributed by atoms with Crippen molar-refractivity contribution in [3.63, 3.8) is 0 Å². The van der Waals surface area contributed by atoms with Crippen LogP contribution in [-0.2, 0) is 14.3 Å². The van der Waals surface area contributed by atoms with Gasteiger partial charge < -0.3 is 20.3 Å². The van der Waals surface area contributed by atoms with Gasteiger partial charge in [-0.3, -0.25) is 9.59 Å². The molecule has 65 heavy (non-hydrogen) atoms. The number of unbranched alkanes of at least 4 members (excludes halogenated alkanes) is 28. The van der Waals surface area contributed by atoms with Gasteiger partial charge in [-0.1, -0.05) is 248 Å². The van der Waals surface area contributed by atoms with E-state index in [0.29, 0.717) is 19.3 Å². The molecule has 0 aromatic carbocycles. The highest BCUT2D eigenvalue weighted by molar-refractivity contribution is 5.77. The third kappa shape index (κ3) is 47.6. The van der Waals surface area contributed by atoms with E-state index in [1.54, 1.807) is 0 Å². The van der Waals surface area contributed by atoms with Crippen LogP contribution in [0, 0.1) is 0 Å². The molecule has 0 aliphatic carbocycles. The number of nitrogens with one attached hydrogen (secondary N) is 1. The standard InChI is InChI=1S/C59H105NO5/c1-4-7-10-13-16-19-22-25-27-29-30-33-35-38-41-44-47-50-55(65-59(64)52-49-46-43-40-37-32-24-21-18-15-12-9-6-3)53-58(63)60-56(54-61)57(62)51-48-45-42-39-36-34-31-28-26-23-20-17-14-11-8-5-2/h9,12,15-16,18-19,21,24-25,27,32,37,55-57,61-62H,4-8,10-11,13-14,17,20,22-23,26,28-31,33-36,38-54H2,1-3H3,(H,60,63)/b12-9+,18-15+,19-16-,24-21-,27-25-,37-32-. The zero-order valence-corrected chi connectivity index (χ0v) is 42.9. The van der Waals surface area contributed by atoms with Crippen LogP contribution in [-0.4, -0.2) is 46.9 Å². The minimum absolute atomic E-state index is 0.0541. The smallest absolute Gasteiger partial charge is 0.306 e. The summed E-state index contributed by atoms with van der Waals surface area (Å²) in [6.45, 7) is 6.33. The van der Waals surface area contributed by atoms with Crippen LogP contribution >= 0.6 is 0 Å². The molecule has 0 aromatic rings. The van der Waals surface area contributed by atoms with E-state index in [-0.39, 0.29) is 24.9 Å². The monoisotopic (exact) mass is 908 g/mol. The van der Waals surface area contributed by atoms with Crippen molar-refractivity contribution in [1.29, 1.82) is 0 Å². The summed E-state index contributed by atoms with van der Waals surface area (Å²) >= 11 is 0. The van der Waals surface area contributed by atoms with Gasteiger partial charge in [0.25, 0.3) is 0 Å². The number of aliphatic hydroxyl groups is 2. The predicted molar refractivity (Wildman–Crippen MR) is 282 cm³/mol. The molecule has 376 valence electrons. The average molecular weight is 908 g/mol. The van der Waals surface area contributed by atoms with Gasteiger partial charge in [-0.15, -0.1) is 0 Å². The second-order valence-electron chi connectivity index (χ2n) is 18.7. The Morgan fingerprint density at radius 2 is 0.892 bits per heavy atom. The first-order valence-electron chi connectivity index (χ1n) is 27.7. The molecule has 6 nitrogen and oxygen atoms in total. The van der Waals surface area contributed by atoms with Crippen LogP contribution in [0.3, 0.4) is 0 Å². The third-order valence-corrected chi connectivity index (χ3v) is 12.4. The minimum atomic E-state index is -0.800. The second kappa shape index (κ2) is 52.3. The zero-order valence-electron chi connectivity index (χ0n) is 42.9. The summed E-state index contributed by atoms with van der Waals surface area (Å²) < 4.78 is 5.93. The zero-order chi connectivity index (χ0) is 47.4. The van der Waals surface area contributed by atoms with Crippen molar-refractivity contribution in [1.82, 2.24) is 5.32 Å². The van der Waals surface area contributed by atoms with Crippen molar-refractivity contribution in [2.75, 3.05) is 6.61 Å². The quantitative estimate of drug-likeness (QED) is 0.0245. The van der Waals surface area contributed by atoms with Crippen molar-refractivity contribution in [2.24, 2.45) is 0 Å². The highest BCUT2D eigenvalue weighted by Gasteiger charge is 2.24. The first-order valence-corrected chi connectivity index (χ1v) is 27.7. The summed E-state index contributed by atoms with van der Waals surface area (Å²) in [6, 6.07) is -0.716. The molecule has 0 radical (unpaired) electrons. The van der Waals surface area contributed by atoms with Gasteiger partial charge in [0, 0.05) is 6.42 Å². The van der Waals surface area contributed by atoms with Crippen LogP contribution in [0.2, 0.25) is 0 Å². The Bertz CT molecular complexity index is 1200. The Kier molecular flexibility index (Phi) is 50.1. The van der Waals surface area contributed by atoms with Crippen molar-refractivity contribution < 1.29 is 24.5 Å². The lowest BCUT2D eigenvalue weighted by molar-refractivity contribution is -0.151. The molecule has 0 bridgehead atoms. The number of allylic oxidation sites excluding steroid dienone is 12. The van der Waals surface area contributed by atoms with Gasteiger partial charge >= 0.3 is 5.97 Å². The SMILES string of the molecule is CC/C=C/C=C/C=C\C=C/CCCCCC(=O)OC(CCCCCCCCC/C=C\C/C=C\CCCCC)CC(=O)NC(CO)C(O)CCCCCCCCCCCCCCCCCC. The lowest BCUT2D eigenvalue weighted by Crippen LogP contribution is -2.46. The van der Waals surface area contributed by atoms with Crippen LogP contribution < -0.4 is 5.32 Å². The Hall–Kier alpha value is -2.70. The number of carbonyl (C=O) groups excluding carboxylic acids is 2. The summed E-state index contributed by atoms with van der Waals surface area (Å²) in [6.07, 6.45) is 66.8. The van der Waals surface area contributed by atoms with Gasteiger partial charge in [0.15, 0.2) is 0 Å². The molecule has 0 aliphatic rings. The summed E-state index contributed by atoms with van der Waals surface area (Å²) in [5, 5.41) is 23.9. The maximum atomic E-state index is 13.2. The van der Waals surface area contributed by atoms with Crippen LogP contribution in [0.25, 0.3) is 0 Å². The largest absolute Gasteiger partial charge is 0.462 e. The number of amides is 1. The van der Waals surface area contributed by atoms with E-state index < -0.39 is 18.2 Å². The molecule has 0 saturated carbocycles. The van der Waals surface area contributed by atoms with E-state index in [1.807, 2.05) is 24.3 Å².